The number of hydrogen-bond acceptors (Lipinski definition) is 9. The van der Waals surface area contributed by atoms with Crippen LogP contribution in [0.2, 0.25) is 0 Å². The summed E-state index contributed by atoms with van der Waals surface area (Å²) < 4.78 is 16.6. The highest BCUT2D eigenvalue weighted by Gasteiger charge is 2.36. The van der Waals surface area contributed by atoms with Crippen molar-refractivity contribution in [3.63, 3.8) is 0 Å². The molecule has 1 aliphatic heterocycles. The SMILES string of the molecule is O=C1OC(CSc2nc3ccccc3o2)C(Sc2nc3ccccc3o2)=C1O. The highest BCUT2D eigenvalue weighted by molar-refractivity contribution is 8.03. The van der Waals surface area contributed by atoms with Crippen molar-refractivity contribution in [1.82, 2.24) is 9.97 Å². The first kappa shape index (κ1) is 17.2. The van der Waals surface area contributed by atoms with E-state index < -0.39 is 17.8 Å². The molecule has 28 heavy (non-hydrogen) atoms. The molecule has 1 aliphatic rings. The minimum Gasteiger partial charge on any atom is -0.501 e. The summed E-state index contributed by atoms with van der Waals surface area (Å²) in [6.07, 6.45) is -0.646. The molecule has 0 spiro atoms. The summed E-state index contributed by atoms with van der Waals surface area (Å²) in [6, 6.07) is 14.8. The van der Waals surface area contributed by atoms with Crippen molar-refractivity contribution in [2.75, 3.05) is 5.75 Å². The number of oxazole rings is 2. The maximum atomic E-state index is 11.9. The van der Waals surface area contributed by atoms with Crippen molar-refractivity contribution in [2.24, 2.45) is 0 Å². The molecule has 1 unspecified atom stereocenters. The van der Waals surface area contributed by atoms with Gasteiger partial charge in [-0.25, -0.2) is 14.8 Å². The molecule has 2 aromatic heterocycles. The second-order valence-electron chi connectivity index (χ2n) is 5.91. The number of esters is 1. The molecule has 0 amide bonds. The molecule has 0 bridgehead atoms. The van der Waals surface area contributed by atoms with Gasteiger partial charge >= 0.3 is 5.97 Å². The van der Waals surface area contributed by atoms with Crippen molar-refractivity contribution >= 4 is 51.7 Å². The normalized spacial score (nSPS) is 17.0. The third-order valence-electron chi connectivity index (χ3n) is 4.07. The molecule has 0 fully saturated rings. The van der Waals surface area contributed by atoms with Crippen LogP contribution in [0.3, 0.4) is 0 Å². The Labute approximate surface area is 166 Å². The Bertz CT molecular complexity index is 1160. The molecule has 0 aliphatic carbocycles. The van der Waals surface area contributed by atoms with Gasteiger partial charge in [-0.2, -0.15) is 0 Å². The topological polar surface area (TPSA) is 98.6 Å². The average Bonchev–Trinajstić information content (AvgIpc) is 3.37. The molecule has 1 atom stereocenters. The van der Waals surface area contributed by atoms with E-state index in [0.29, 0.717) is 37.8 Å². The maximum Gasteiger partial charge on any atom is 0.375 e. The number of aliphatic hydroxyl groups is 1. The largest absolute Gasteiger partial charge is 0.501 e. The Balaban J connectivity index is 1.35. The van der Waals surface area contributed by atoms with Gasteiger partial charge in [-0.05, 0) is 36.0 Å². The first-order valence-corrected chi connectivity index (χ1v) is 10.1. The minimum atomic E-state index is -0.762. The fourth-order valence-corrected chi connectivity index (χ4v) is 4.62. The van der Waals surface area contributed by atoms with Crippen LogP contribution in [0.25, 0.3) is 22.2 Å². The Morgan fingerprint density at radius 3 is 2.21 bits per heavy atom. The van der Waals surface area contributed by atoms with Gasteiger partial charge in [0, 0.05) is 5.75 Å². The van der Waals surface area contributed by atoms with Crippen molar-refractivity contribution in [3.05, 3.63) is 59.2 Å². The highest BCUT2D eigenvalue weighted by Crippen LogP contribution is 2.39. The quantitative estimate of drug-likeness (QED) is 0.374. The van der Waals surface area contributed by atoms with Gasteiger partial charge in [0.25, 0.3) is 10.4 Å². The van der Waals surface area contributed by atoms with Crippen LogP contribution >= 0.6 is 23.5 Å². The first-order valence-electron chi connectivity index (χ1n) is 8.33. The van der Waals surface area contributed by atoms with Crippen LogP contribution in [0.1, 0.15) is 0 Å². The van der Waals surface area contributed by atoms with Crippen LogP contribution in [0.15, 0.2) is 78.5 Å². The lowest BCUT2D eigenvalue weighted by Gasteiger charge is -2.10. The number of hydrogen-bond donors (Lipinski definition) is 1. The van der Waals surface area contributed by atoms with Gasteiger partial charge in [-0.15, -0.1) is 0 Å². The van der Waals surface area contributed by atoms with Crippen molar-refractivity contribution in [1.29, 1.82) is 0 Å². The Kier molecular flexibility index (Phi) is 4.25. The van der Waals surface area contributed by atoms with E-state index in [1.165, 1.54) is 11.8 Å². The number of aromatic nitrogens is 2. The Morgan fingerprint density at radius 1 is 0.929 bits per heavy atom. The van der Waals surface area contributed by atoms with Crippen LogP contribution in [0, 0.1) is 0 Å². The molecule has 4 aromatic rings. The number of ether oxygens (including phenoxy) is 1. The third-order valence-corrected chi connectivity index (χ3v) is 5.99. The number of aliphatic hydroxyl groups excluding tert-OH is 1. The molecular formula is C19H12N2O5S2. The number of carbonyl (C=O) groups excluding carboxylic acids is 1. The second-order valence-corrected chi connectivity index (χ2v) is 7.88. The smallest absolute Gasteiger partial charge is 0.375 e. The Hall–Kier alpha value is -2.91. The number of rotatable bonds is 5. The van der Waals surface area contributed by atoms with E-state index in [4.69, 9.17) is 13.6 Å². The summed E-state index contributed by atoms with van der Waals surface area (Å²) in [5.41, 5.74) is 2.78. The van der Waals surface area contributed by atoms with Crippen molar-refractivity contribution < 1.29 is 23.5 Å². The van der Waals surface area contributed by atoms with E-state index >= 15 is 0 Å². The van der Waals surface area contributed by atoms with E-state index in [1.807, 2.05) is 42.5 Å². The first-order chi connectivity index (χ1) is 13.7. The van der Waals surface area contributed by atoms with Gasteiger partial charge in [-0.3, -0.25) is 0 Å². The summed E-state index contributed by atoms with van der Waals surface area (Å²) in [6.45, 7) is 0. The summed E-state index contributed by atoms with van der Waals surface area (Å²) >= 11 is 2.38. The van der Waals surface area contributed by atoms with Gasteiger partial charge in [0.1, 0.15) is 17.1 Å². The molecule has 3 heterocycles. The molecule has 9 heteroatoms. The van der Waals surface area contributed by atoms with Gasteiger partial charge in [-0.1, -0.05) is 36.0 Å². The number of carbonyl (C=O) groups is 1. The van der Waals surface area contributed by atoms with Gasteiger partial charge < -0.3 is 18.7 Å². The van der Waals surface area contributed by atoms with Crippen molar-refractivity contribution in [3.8, 4) is 0 Å². The minimum absolute atomic E-state index is 0.331. The fourth-order valence-electron chi connectivity index (χ4n) is 2.76. The monoisotopic (exact) mass is 412 g/mol. The molecule has 2 aromatic carbocycles. The molecule has 0 radical (unpaired) electrons. The van der Waals surface area contributed by atoms with Gasteiger partial charge in [0.2, 0.25) is 5.76 Å². The summed E-state index contributed by atoms with van der Waals surface area (Å²) in [5.74, 6) is -0.845. The molecular weight excluding hydrogens is 400 g/mol. The lowest BCUT2D eigenvalue weighted by atomic mass is 10.3. The Morgan fingerprint density at radius 2 is 1.54 bits per heavy atom. The average molecular weight is 412 g/mol. The van der Waals surface area contributed by atoms with Crippen LogP contribution in [0.4, 0.5) is 0 Å². The van der Waals surface area contributed by atoms with E-state index in [0.717, 1.165) is 17.3 Å². The van der Waals surface area contributed by atoms with Crippen LogP contribution in [-0.2, 0) is 9.53 Å². The molecule has 7 nitrogen and oxygen atoms in total. The summed E-state index contributed by atoms with van der Waals surface area (Å²) in [5, 5.41) is 10.9. The van der Waals surface area contributed by atoms with E-state index in [2.05, 4.69) is 9.97 Å². The summed E-state index contributed by atoms with van der Waals surface area (Å²) in [7, 11) is 0. The van der Waals surface area contributed by atoms with E-state index in [9.17, 15) is 9.90 Å². The van der Waals surface area contributed by atoms with Gasteiger partial charge in [0.15, 0.2) is 11.2 Å². The van der Waals surface area contributed by atoms with Gasteiger partial charge in [0.05, 0.1) is 4.91 Å². The number of cyclic esters (lactones) is 1. The zero-order chi connectivity index (χ0) is 19.1. The second kappa shape index (κ2) is 6.92. The maximum absolute atomic E-state index is 11.9. The zero-order valence-corrected chi connectivity index (χ0v) is 15.8. The predicted octanol–water partition coefficient (Wildman–Crippen LogP) is 4.55. The number of benzene rings is 2. The van der Waals surface area contributed by atoms with Crippen molar-refractivity contribution in [2.45, 2.75) is 16.5 Å². The number of thioether (sulfide) groups is 2. The van der Waals surface area contributed by atoms with E-state index in [1.54, 1.807) is 6.07 Å². The predicted molar refractivity (Wildman–Crippen MR) is 104 cm³/mol. The van der Waals surface area contributed by atoms with Crippen LogP contribution in [-0.4, -0.2) is 32.9 Å². The zero-order valence-electron chi connectivity index (χ0n) is 14.2. The molecule has 140 valence electrons. The number of nitrogens with zero attached hydrogens (tertiary/aromatic N) is 2. The molecule has 1 N–H and O–H groups in total. The lowest BCUT2D eigenvalue weighted by Crippen LogP contribution is -2.13. The third kappa shape index (κ3) is 3.12. The van der Waals surface area contributed by atoms with Crippen LogP contribution in [0.5, 0.6) is 0 Å². The number of fused-ring (bicyclic) bond motifs is 2. The highest BCUT2D eigenvalue weighted by atomic mass is 32.2. The van der Waals surface area contributed by atoms with Crippen LogP contribution < -0.4 is 0 Å². The molecule has 0 saturated heterocycles. The van der Waals surface area contributed by atoms with E-state index in [-0.39, 0.29) is 0 Å². The molecule has 0 saturated carbocycles. The summed E-state index contributed by atoms with van der Waals surface area (Å²) in [4.78, 5) is 21.0. The fraction of sp³-hybridized carbons (Fsp3) is 0.105. The number of para-hydroxylation sites is 4. The lowest BCUT2D eigenvalue weighted by molar-refractivity contribution is -0.141. The molecule has 5 rings (SSSR count). The standard InChI is InChI=1S/C19H12N2O5S2/c22-15-16(28-19-21-11-6-2-4-8-13(11)26-19)14(24-17(15)23)9-27-18-20-10-5-1-3-7-12(10)25-18/h1-8,14,22H,9H2.